The van der Waals surface area contributed by atoms with Crippen molar-refractivity contribution in [2.45, 2.75) is 32.1 Å². The van der Waals surface area contributed by atoms with Crippen molar-refractivity contribution < 1.29 is 9.59 Å². The van der Waals surface area contributed by atoms with Gasteiger partial charge in [-0.1, -0.05) is 12.8 Å². The summed E-state index contributed by atoms with van der Waals surface area (Å²) in [6.07, 6.45) is 5.43. The van der Waals surface area contributed by atoms with Crippen LogP contribution in [0.1, 0.15) is 32.1 Å². The maximum absolute atomic E-state index is 11.6. The quantitative estimate of drug-likeness (QED) is 0.709. The van der Waals surface area contributed by atoms with Gasteiger partial charge in [0, 0.05) is 19.5 Å². The lowest BCUT2D eigenvalue weighted by Crippen LogP contribution is -2.34. The normalized spacial score (nSPS) is 26.7. The van der Waals surface area contributed by atoms with Crippen LogP contribution >= 0.6 is 0 Å². The van der Waals surface area contributed by atoms with Crippen LogP contribution in [-0.2, 0) is 9.59 Å². The largest absolute Gasteiger partial charge is 0.356 e. The number of hydrogen-bond donors (Lipinski definition) is 2. The van der Waals surface area contributed by atoms with Crippen LogP contribution in [0.5, 0.6) is 0 Å². The molecule has 2 amide bonds. The summed E-state index contributed by atoms with van der Waals surface area (Å²) in [5, 5.41) is 5.63. The molecule has 1 atom stereocenters. The van der Waals surface area contributed by atoms with Crippen molar-refractivity contribution in [3.8, 4) is 0 Å². The summed E-state index contributed by atoms with van der Waals surface area (Å²) in [6.45, 7) is 1.30. The molecule has 4 heteroatoms. The van der Waals surface area contributed by atoms with E-state index in [4.69, 9.17) is 0 Å². The predicted molar refractivity (Wildman–Crippen MR) is 56.1 cm³/mol. The molecule has 0 radical (unpaired) electrons. The average Bonchev–Trinajstić information content (AvgIpc) is 2.84. The third-order valence-corrected chi connectivity index (χ3v) is 3.39. The molecule has 15 heavy (non-hydrogen) atoms. The van der Waals surface area contributed by atoms with Gasteiger partial charge in [-0.2, -0.15) is 0 Å². The Labute approximate surface area is 89.8 Å². The van der Waals surface area contributed by atoms with Crippen LogP contribution in [0.4, 0.5) is 0 Å². The summed E-state index contributed by atoms with van der Waals surface area (Å²) in [4.78, 5) is 22.6. The van der Waals surface area contributed by atoms with Gasteiger partial charge in [-0.25, -0.2) is 0 Å². The molecule has 1 aliphatic carbocycles. The minimum Gasteiger partial charge on any atom is -0.356 e. The van der Waals surface area contributed by atoms with E-state index >= 15 is 0 Å². The summed E-state index contributed by atoms with van der Waals surface area (Å²) >= 11 is 0. The smallest absolute Gasteiger partial charge is 0.225 e. The standard InChI is InChI=1S/C11H18N2O2/c14-10-5-9(7-12-10)11(15)13-6-8-3-1-2-4-8/h8-9H,1-7H2,(H,12,14)(H,13,15). The highest BCUT2D eigenvalue weighted by Gasteiger charge is 2.28. The maximum atomic E-state index is 11.6. The van der Waals surface area contributed by atoms with Crippen molar-refractivity contribution in [2.24, 2.45) is 11.8 Å². The molecular formula is C11H18N2O2. The van der Waals surface area contributed by atoms with Crippen LogP contribution in [0, 0.1) is 11.8 Å². The van der Waals surface area contributed by atoms with Crippen molar-refractivity contribution in [3.05, 3.63) is 0 Å². The zero-order valence-electron chi connectivity index (χ0n) is 8.92. The maximum Gasteiger partial charge on any atom is 0.225 e. The number of amides is 2. The van der Waals surface area contributed by atoms with E-state index in [0.717, 1.165) is 6.54 Å². The van der Waals surface area contributed by atoms with Gasteiger partial charge in [-0.05, 0) is 18.8 Å². The highest BCUT2D eigenvalue weighted by atomic mass is 16.2. The van der Waals surface area contributed by atoms with Crippen LogP contribution in [0.3, 0.4) is 0 Å². The second kappa shape index (κ2) is 4.64. The van der Waals surface area contributed by atoms with Crippen LogP contribution in [0.2, 0.25) is 0 Å². The lowest BCUT2D eigenvalue weighted by molar-refractivity contribution is -0.126. The molecule has 0 aromatic carbocycles. The van der Waals surface area contributed by atoms with Gasteiger partial charge >= 0.3 is 0 Å². The van der Waals surface area contributed by atoms with Crippen molar-refractivity contribution in [1.29, 1.82) is 0 Å². The molecule has 0 aromatic rings. The Balaban J connectivity index is 1.70. The lowest BCUT2D eigenvalue weighted by atomic mass is 10.1. The van der Waals surface area contributed by atoms with Crippen molar-refractivity contribution >= 4 is 11.8 Å². The number of carbonyl (C=O) groups excluding carboxylic acids is 2. The predicted octanol–water partition coefficient (Wildman–Crippen LogP) is 0.429. The van der Waals surface area contributed by atoms with E-state index in [9.17, 15) is 9.59 Å². The Morgan fingerprint density at radius 2 is 2.13 bits per heavy atom. The number of rotatable bonds is 3. The zero-order chi connectivity index (χ0) is 10.7. The fourth-order valence-corrected chi connectivity index (χ4v) is 2.39. The highest BCUT2D eigenvalue weighted by molar-refractivity contribution is 5.89. The van der Waals surface area contributed by atoms with Crippen LogP contribution < -0.4 is 10.6 Å². The second-order valence-electron chi connectivity index (χ2n) is 4.60. The first-order valence-electron chi connectivity index (χ1n) is 5.80. The van der Waals surface area contributed by atoms with Gasteiger partial charge in [-0.15, -0.1) is 0 Å². The molecule has 1 saturated carbocycles. The molecule has 1 aliphatic heterocycles. The van der Waals surface area contributed by atoms with Crippen molar-refractivity contribution in [2.75, 3.05) is 13.1 Å². The summed E-state index contributed by atoms with van der Waals surface area (Å²) in [7, 11) is 0. The summed E-state index contributed by atoms with van der Waals surface area (Å²) in [6, 6.07) is 0. The Hall–Kier alpha value is -1.06. The monoisotopic (exact) mass is 210 g/mol. The minimum atomic E-state index is -0.140. The Morgan fingerprint density at radius 3 is 2.73 bits per heavy atom. The Bertz CT molecular complexity index is 259. The van der Waals surface area contributed by atoms with Gasteiger partial charge in [0.2, 0.25) is 11.8 Å². The highest BCUT2D eigenvalue weighted by Crippen LogP contribution is 2.23. The van der Waals surface area contributed by atoms with Crippen LogP contribution in [-0.4, -0.2) is 24.9 Å². The van der Waals surface area contributed by atoms with Gasteiger partial charge < -0.3 is 10.6 Å². The minimum absolute atomic E-state index is 0.00369. The molecule has 2 fully saturated rings. The molecule has 2 rings (SSSR count). The number of nitrogens with one attached hydrogen (secondary N) is 2. The van der Waals surface area contributed by atoms with E-state index in [1.54, 1.807) is 0 Å². The molecule has 0 spiro atoms. The van der Waals surface area contributed by atoms with Gasteiger partial charge in [-0.3, -0.25) is 9.59 Å². The van der Waals surface area contributed by atoms with E-state index in [-0.39, 0.29) is 17.7 Å². The molecule has 2 N–H and O–H groups in total. The lowest BCUT2D eigenvalue weighted by Gasteiger charge is -2.12. The molecule has 1 unspecified atom stereocenters. The van der Waals surface area contributed by atoms with Crippen molar-refractivity contribution in [3.63, 3.8) is 0 Å². The van der Waals surface area contributed by atoms with E-state index < -0.39 is 0 Å². The fourth-order valence-electron chi connectivity index (χ4n) is 2.39. The second-order valence-corrected chi connectivity index (χ2v) is 4.60. The summed E-state index contributed by atoms with van der Waals surface area (Å²) in [5.41, 5.74) is 0. The van der Waals surface area contributed by atoms with E-state index in [2.05, 4.69) is 10.6 Å². The summed E-state index contributed by atoms with van der Waals surface area (Å²) < 4.78 is 0. The summed E-state index contributed by atoms with van der Waals surface area (Å²) in [5.74, 6) is 0.564. The third kappa shape index (κ3) is 2.70. The topological polar surface area (TPSA) is 58.2 Å². The van der Waals surface area contributed by atoms with Gasteiger partial charge in [0.15, 0.2) is 0 Å². The fraction of sp³-hybridized carbons (Fsp3) is 0.818. The number of carbonyl (C=O) groups is 2. The van der Waals surface area contributed by atoms with Gasteiger partial charge in [0.1, 0.15) is 0 Å². The third-order valence-electron chi connectivity index (χ3n) is 3.39. The molecule has 4 nitrogen and oxygen atoms in total. The van der Waals surface area contributed by atoms with Crippen LogP contribution in [0.25, 0.3) is 0 Å². The Morgan fingerprint density at radius 1 is 1.40 bits per heavy atom. The van der Waals surface area contributed by atoms with Gasteiger partial charge in [0.05, 0.1) is 5.92 Å². The SMILES string of the molecule is O=C1CC(C(=O)NCC2CCCC2)CN1. The number of hydrogen-bond acceptors (Lipinski definition) is 2. The first-order valence-corrected chi connectivity index (χ1v) is 5.80. The van der Waals surface area contributed by atoms with E-state index in [0.29, 0.717) is 18.9 Å². The van der Waals surface area contributed by atoms with Crippen LogP contribution in [0.15, 0.2) is 0 Å². The first kappa shape index (κ1) is 10.5. The molecule has 2 aliphatic rings. The average molecular weight is 210 g/mol. The van der Waals surface area contributed by atoms with E-state index in [1.807, 2.05) is 0 Å². The zero-order valence-corrected chi connectivity index (χ0v) is 8.92. The molecule has 84 valence electrons. The Kier molecular flexibility index (Phi) is 3.23. The molecule has 1 heterocycles. The van der Waals surface area contributed by atoms with Gasteiger partial charge in [0.25, 0.3) is 0 Å². The molecular weight excluding hydrogens is 192 g/mol. The first-order chi connectivity index (χ1) is 7.25. The molecule has 0 bridgehead atoms. The van der Waals surface area contributed by atoms with E-state index in [1.165, 1.54) is 25.7 Å². The molecule has 0 aromatic heterocycles. The molecule has 1 saturated heterocycles. The van der Waals surface area contributed by atoms with Crippen molar-refractivity contribution in [1.82, 2.24) is 10.6 Å².